The summed E-state index contributed by atoms with van der Waals surface area (Å²) < 4.78 is 15.3. The molecule has 0 aliphatic heterocycles. The maximum Gasteiger partial charge on any atom is 0.469 e. The molecule has 14 heavy (non-hydrogen) atoms. The third-order valence-corrected chi connectivity index (χ3v) is 2.87. The number of phosphoric acid groups is 1. The topological polar surface area (TPSA) is 66.8 Å². The first-order valence-corrected chi connectivity index (χ1v) is 5.88. The standard InChI is InChI=1S/C9H11O4P/c10-14(11,12)13-9-5-7-3-1-2-4-8(7)6-9/h1-4,9H,5-6H2,(H2,10,11,12). The Morgan fingerprint density at radius 2 is 1.71 bits per heavy atom. The molecular formula is C9H11O4P. The molecule has 0 radical (unpaired) electrons. The summed E-state index contributed by atoms with van der Waals surface area (Å²) in [5, 5.41) is 0. The van der Waals surface area contributed by atoms with Crippen molar-refractivity contribution in [2.45, 2.75) is 18.9 Å². The molecule has 4 nitrogen and oxygen atoms in total. The molecule has 0 heterocycles. The number of fused-ring (bicyclic) bond motifs is 1. The molecule has 2 N–H and O–H groups in total. The van der Waals surface area contributed by atoms with Crippen LogP contribution in [-0.2, 0) is 21.9 Å². The molecule has 0 saturated heterocycles. The van der Waals surface area contributed by atoms with E-state index in [2.05, 4.69) is 4.52 Å². The third kappa shape index (κ3) is 2.22. The highest BCUT2D eigenvalue weighted by Crippen LogP contribution is 2.40. The Hall–Kier alpha value is -0.670. The third-order valence-electron chi connectivity index (χ3n) is 2.30. The second-order valence-corrected chi connectivity index (χ2v) is 4.59. The van der Waals surface area contributed by atoms with Crippen molar-refractivity contribution in [2.24, 2.45) is 0 Å². The fraction of sp³-hybridized carbons (Fsp3) is 0.333. The van der Waals surface area contributed by atoms with Crippen LogP contribution in [0.25, 0.3) is 0 Å². The number of hydrogen-bond acceptors (Lipinski definition) is 2. The molecule has 2 rings (SSSR count). The zero-order valence-corrected chi connectivity index (χ0v) is 8.35. The van der Waals surface area contributed by atoms with Crippen molar-refractivity contribution in [3.05, 3.63) is 35.4 Å². The van der Waals surface area contributed by atoms with Gasteiger partial charge in [0.05, 0.1) is 6.10 Å². The zero-order valence-electron chi connectivity index (χ0n) is 7.46. The SMILES string of the molecule is O=P(O)(O)OC1Cc2ccccc2C1. The van der Waals surface area contributed by atoms with Gasteiger partial charge in [0, 0.05) is 0 Å². The molecule has 1 aromatic carbocycles. The van der Waals surface area contributed by atoms with E-state index in [-0.39, 0.29) is 6.10 Å². The second kappa shape index (κ2) is 3.48. The summed E-state index contributed by atoms with van der Waals surface area (Å²) in [6, 6.07) is 7.74. The maximum absolute atomic E-state index is 10.6. The lowest BCUT2D eigenvalue weighted by molar-refractivity contribution is 0.140. The van der Waals surface area contributed by atoms with Crippen molar-refractivity contribution < 1.29 is 18.9 Å². The van der Waals surface area contributed by atoms with Crippen LogP contribution >= 0.6 is 7.82 Å². The first-order chi connectivity index (χ1) is 6.54. The van der Waals surface area contributed by atoms with Crippen molar-refractivity contribution in [3.8, 4) is 0 Å². The minimum atomic E-state index is -4.34. The van der Waals surface area contributed by atoms with Gasteiger partial charge in [-0.25, -0.2) is 4.57 Å². The van der Waals surface area contributed by atoms with Crippen molar-refractivity contribution >= 4 is 7.82 Å². The van der Waals surface area contributed by atoms with Gasteiger partial charge in [0.1, 0.15) is 0 Å². The highest BCUT2D eigenvalue weighted by atomic mass is 31.2. The fourth-order valence-corrected chi connectivity index (χ4v) is 2.32. The van der Waals surface area contributed by atoms with E-state index in [0.717, 1.165) is 11.1 Å². The van der Waals surface area contributed by atoms with E-state index in [9.17, 15) is 4.57 Å². The van der Waals surface area contributed by atoms with E-state index in [4.69, 9.17) is 9.79 Å². The van der Waals surface area contributed by atoms with Crippen LogP contribution in [0.4, 0.5) is 0 Å². The molecule has 1 aromatic rings. The monoisotopic (exact) mass is 214 g/mol. The summed E-state index contributed by atoms with van der Waals surface area (Å²) in [5.41, 5.74) is 2.23. The summed E-state index contributed by atoms with van der Waals surface area (Å²) in [6.45, 7) is 0. The van der Waals surface area contributed by atoms with Crippen molar-refractivity contribution in [1.82, 2.24) is 0 Å². The van der Waals surface area contributed by atoms with Gasteiger partial charge in [-0.15, -0.1) is 0 Å². The van der Waals surface area contributed by atoms with Gasteiger partial charge in [-0.3, -0.25) is 4.52 Å². The average molecular weight is 214 g/mol. The molecule has 0 spiro atoms. The lowest BCUT2D eigenvalue weighted by atomic mass is 10.1. The highest BCUT2D eigenvalue weighted by molar-refractivity contribution is 7.46. The molecule has 0 aromatic heterocycles. The van der Waals surface area contributed by atoms with Crippen LogP contribution < -0.4 is 0 Å². The Labute approximate surface area is 81.8 Å². The van der Waals surface area contributed by atoms with Crippen molar-refractivity contribution in [1.29, 1.82) is 0 Å². The summed E-state index contributed by atoms with van der Waals surface area (Å²) >= 11 is 0. The van der Waals surface area contributed by atoms with E-state index in [1.165, 1.54) is 0 Å². The normalized spacial score (nSPS) is 17.0. The van der Waals surface area contributed by atoms with Gasteiger partial charge in [0.2, 0.25) is 0 Å². The lowest BCUT2D eigenvalue weighted by Crippen LogP contribution is -2.10. The summed E-state index contributed by atoms with van der Waals surface area (Å²) in [7, 11) is -4.34. The number of phosphoric ester groups is 1. The molecule has 0 fully saturated rings. The first kappa shape index (κ1) is 9.87. The Morgan fingerprint density at radius 1 is 1.21 bits per heavy atom. The molecule has 0 unspecified atom stereocenters. The summed E-state index contributed by atoms with van der Waals surface area (Å²) in [6.07, 6.45) is 0.788. The minimum absolute atomic E-state index is 0.381. The second-order valence-electron chi connectivity index (χ2n) is 3.39. The molecule has 5 heteroatoms. The quantitative estimate of drug-likeness (QED) is 0.727. The van der Waals surface area contributed by atoms with E-state index in [0.29, 0.717) is 12.8 Å². The lowest BCUT2D eigenvalue weighted by Gasteiger charge is -2.10. The minimum Gasteiger partial charge on any atom is -0.303 e. The van der Waals surface area contributed by atoms with E-state index in [1.807, 2.05) is 24.3 Å². The van der Waals surface area contributed by atoms with Gasteiger partial charge in [-0.2, -0.15) is 0 Å². The van der Waals surface area contributed by atoms with E-state index in [1.54, 1.807) is 0 Å². The van der Waals surface area contributed by atoms with Gasteiger partial charge >= 0.3 is 7.82 Å². The van der Waals surface area contributed by atoms with Crippen LogP contribution in [0, 0.1) is 0 Å². The van der Waals surface area contributed by atoms with Crippen molar-refractivity contribution in [3.63, 3.8) is 0 Å². The van der Waals surface area contributed by atoms with E-state index >= 15 is 0 Å². The fourth-order valence-electron chi connectivity index (χ4n) is 1.79. The summed E-state index contributed by atoms with van der Waals surface area (Å²) in [5.74, 6) is 0. The molecule has 1 aliphatic carbocycles. The molecule has 76 valence electrons. The van der Waals surface area contributed by atoms with Crippen LogP contribution in [0.5, 0.6) is 0 Å². The average Bonchev–Trinajstić information content (AvgIpc) is 2.42. The Kier molecular flexibility index (Phi) is 2.45. The van der Waals surface area contributed by atoms with Crippen LogP contribution in [0.2, 0.25) is 0 Å². The predicted molar refractivity (Wildman–Crippen MR) is 50.8 cm³/mol. The number of rotatable bonds is 2. The van der Waals surface area contributed by atoms with E-state index < -0.39 is 7.82 Å². The van der Waals surface area contributed by atoms with Crippen LogP contribution in [-0.4, -0.2) is 15.9 Å². The first-order valence-electron chi connectivity index (χ1n) is 4.35. The number of benzene rings is 1. The zero-order chi connectivity index (χ0) is 10.2. The molecule has 0 atom stereocenters. The Bertz CT molecular complexity index is 359. The smallest absolute Gasteiger partial charge is 0.303 e. The molecular weight excluding hydrogens is 203 g/mol. The van der Waals surface area contributed by atoms with Crippen molar-refractivity contribution in [2.75, 3.05) is 0 Å². The highest BCUT2D eigenvalue weighted by Gasteiger charge is 2.28. The predicted octanol–water partition coefficient (Wildman–Crippen LogP) is 1.26. The van der Waals surface area contributed by atoms with Gasteiger partial charge < -0.3 is 9.79 Å². The van der Waals surface area contributed by atoms with Gasteiger partial charge in [-0.1, -0.05) is 24.3 Å². The molecule has 1 aliphatic rings. The number of hydrogen-bond donors (Lipinski definition) is 2. The summed E-state index contributed by atoms with van der Waals surface area (Å²) in [4.78, 5) is 17.3. The van der Waals surface area contributed by atoms with Gasteiger partial charge in [-0.05, 0) is 24.0 Å². The van der Waals surface area contributed by atoms with Gasteiger partial charge in [0.25, 0.3) is 0 Å². The molecule has 0 bridgehead atoms. The molecule has 0 saturated carbocycles. The molecule has 0 amide bonds. The Balaban J connectivity index is 2.09. The van der Waals surface area contributed by atoms with Crippen LogP contribution in [0.3, 0.4) is 0 Å². The largest absolute Gasteiger partial charge is 0.469 e. The van der Waals surface area contributed by atoms with Crippen LogP contribution in [0.15, 0.2) is 24.3 Å². The van der Waals surface area contributed by atoms with Crippen LogP contribution in [0.1, 0.15) is 11.1 Å². The maximum atomic E-state index is 10.6. The Morgan fingerprint density at radius 3 is 2.14 bits per heavy atom. The van der Waals surface area contributed by atoms with Gasteiger partial charge in [0.15, 0.2) is 0 Å².